The highest BCUT2D eigenvalue weighted by molar-refractivity contribution is 6.67. The lowest BCUT2D eigenvalue weighted by molar-refractivity contribution is -0.161. The fourth-order valence-electron chi connectivity index (χ4n) is 2.33. The van der Waals surface area contributed by atoms with Crippen molar-refractivity contribution in [1.82, 2.24) is 10.0 Å². The van der Waals surface area contributed by atoms with Crippen molar-refractivity contribution in [3.63, 3.8) is 0 Å². The van der Waals surface area contributed by atoms with E-state index in [-0.39, 0.29) is 13.0 Å². The van der Waals surface area contributed by atoms with Crippen molar-refractivity contribution in [2.75, 3.05) is 13.2 Å². The molecular formula is C17H27Cl3N2O6. The van der Waals surface area contributed by atoms with Crippen LogP contribution in [0.4, 0.5) is 9.59 Å². The van der Waals surface area contributed by atoms with Crippen LogP contribution in [0, 0.1) is 0 Å². The van der Waals surface area contributed by atoms with Gasteiger partial charge in [-0.25, -0.2) is 19.4 Å². The summed E-state index contributed by atoms with van der Waals surface area (Å²) in [6.45, 7) is 9.76. The molecule has 1 fully saturated rings. The van der Waals surface area contributed by atoms with Gasteiger partial charge in [-0.1, -0.05) is 34.8 Å². The first kappa shape index (κ1) is 24.9. The van der Waals surface area contributed by atoms with Crippen LogP contribution in [0.2, 0.25) is 0 Å². The fraction of sp³-hybridized carbons (Fsp3) is 0.824. The van der Waals surface area contributed by atoms with Crippen molar-refractivity contribution in [2.45, 2.75) is 75.4 Å². The smallest absolute Gasteiger partial charge is 0.430 e. The predicted octanol–water partition coefficient (Wildman–Crippen LogP) is 4.45. The van der Waals surface area contributed by atoms with E-state index in [9.17, 15) is 14.4 Å². The molecule has 162 valence electrons. The predicted molar refractivity (Wildman–Crippen MR) is 105 cm³/mol. The molecule has 1 aliphatic rings. The van der Waals surface area contributed by atoms with Crippen LogP contribution in [-0.4, -0.2) is 62.4 Å². The first-order valence-electron chi connectivity index (χ1n) is 8.76. The lowest BCUT2D eigenvalue weighted by Gasteiger charge is -2.42. The van der Waals surface area contributed by atoms with Crippen LogP contribution in [0.5, 0.6) is 0 Å². The summed E-state index contributed by atoms with van der Waals surface area (Å²) in [7, 11) is 0. The van der Waals surface area contributed by atoms with Crippen molar-refractivity contribution in [2.24, 2.45) is 0 Å². The molecule has 1 atom stereocenters. The highest BCUT2D eigenvalue weighted by atomic mass is 35.6. The normalized spacial score (nSPS) is 18.5. The topological polar surface area (TPSA) is 85.4 Å². The van der Waals surface area contributed by atoms with Gasteiger partial charge in [-0.05, 0) is 54.4 Å². The zero-order chi connectivity index (χ0) is 21.9. The van der Waals surface area contributed by atoms with E-state index < -0.39 is 45.8 Å². The fourth-order valence-corrected chi connectivity index (χ4v) is 2.49. The first-order valence-corrected chi connectivity index (χ1v) is 9.89. The maximum atomic E-state index is 12.8. The highest BCUT2D eigenvalue weighted by Gasteiger charge is 2.44. The van der Waals surface area contributed by atoms with Gasteiger partial charge in [-0.2, -0.15) is 5.01 Å². The SMILES string of the molecule is CC(C)(C)OC(=O)N1CCCC(C(=O)OCC(Cl)(Cl)Cl)N1C(=O)OC(C)(C)C. The van der Waals surface area contributed by atoms with Crippen molar-refractivity contribution < 1.29 is 28.6 Å². The quantitative estimate of drug-likeness (QED) is 0.343. The number of hydrazine groups is 1. The number of halogens is 3. The third kappa shape index (κ3) is 8.49. The molecule has 1 saturated heterocycles. The van der Waals surface area contributed by atoms with E-state index in [2.05, 4.69) is 0 Å². The summed E-state index contributed by atoms with van der Waals surface area (Å²) in [4.78, 5) is 37.9. The summed E-state index contributed by atoms with van der Waals surface area (Å²) in [5.74, 6) is -0.814. The Morgan fingerprint density at radius 2 is 1.43 bits per heavy atom. The van der Waals surface area contributed by atoms with Gasteiger partial charge in [-0.3, -0.25) is 0 Å². The Morgan fingerprint density at radius 1 is 0.929 bits per heavy atom. The summed E-state index contributed by atoms with van der Waals surface area (Å²) in [5, 5.41) is 1.97. The van der Waals surface area contributed by atoms with Crippen molar-refractivity contribution >= 4 is 53.0 Å². The van der Waals surface area contributed by atoms with E-state index in [4.69, 9.17) is 49.0 Å². The Kier molecular flexibility index (Phi) is 8.13. The lowest BCUT2D eigenvalue weighted by atomic mass is 10.1. The summed E-state index contributed by atoms with van der Waals surface area (Å²) >= 11 is 16.9. The number of carbonyl (C=O) groups excluding carboxylic acids is 3. The molecule has 11 heteroatoms. The van der Waals surface area contributed by atoms with Gasteiger partial charge < -0.3 is 14.2 Å². The van der Waals surface area contributed by atoms with E-state index in [0.29, 0.717) is 6.42 Å². The molecule has 1 unspecified atom stereocenters. The summed E-state index contributed by atoms with van der Waals surface area (Å²) in [6, 6.07) is -1.12. The Hall–Kier alpha value is -1.12. The average molecular weight is 462 g/mol. The molecule has 1 rings (SSSR count). The number of esters is 1. The zero-order valence-electron chi connectivity index (χ0n) is 16.9. The molecule has 0 aromatic carbocycles. The van der Waals surface area contributed by atoms with Crippen molar-refractivity contribution in [3.8, 4) is 0 Å². The first-order chi connectivity index (χ1) is 12.5. The van der Waals surface area contributed by atoms with E-state index in [1.807, 2.05) is 0 Å². The average Bonchev–Trinajstić information content (AvgIpc) is 2.47. The van der Waals surface area contributed by atoms with Crippen LogP contribution >= 0.6 is 34.8 Å². The second-order valence-electron chi connectivity index (χ2n) is 8.31. The van der Waals surface area contributed by atoms with Crippen LogP contribution in [0.15, 0.2) is 0 Å². The summed E-state index contributed by atoms with van der Waals surface area (Å²) in [5.41, 5.74) is -1.64. The van der Waals surface area contributed by atoms with Gasteiger partial charge in [0.1, 0.15) is 17.8 Å². The van der Waals surface area contributed by atoms with E-state index in [1.54, 1.807) is 41.5 Å². The standard InChI is InChI=1S/C17H27Cl3N2O6/c1-15(2,3)27-13(24)21-9-7-8-11(12(23)26-10-17(18,19)20)22(21)14(25)28-16(4,5)6/h11H,7-10H2,1-6H3. The van der Waals surface area contributed by atoms with E-state index in [1.165, 1.54) is 0 Å². The third-order valence-electron chi connectivity index (χ3n) is 3.24. The second-order valence-corrected chi connectivity index (χ2v) is 10.8. The molecule has 0 radical (unpaired) electrons. The molecule has 0 aliphatic carbocycles. The van der Waals surface area contributed by atoms with Crippen LogP contribution in [-0.2, 0) is 19.0 Å². The highest BCUT2D eigenvalue weighted by Crippen LogP contribution is 2.28. The Balaban J connectivity index is 3.12. The van der Waals surface area contributed by atoms with Crippen molar-refractivity contribution in [1.29, 1.82) is 0 Å². The minimum atomic E-state index is -1.80. The number of hydrogen-bond donors (Lipinski definition) is 0. The Labute approximate surface area is 180 Å². The molecule has 0 spiro atoms. The number of hydrogen-bond acceptors (Lipinski definition) is 6. The van der Waals surface area contributed by atoms with Gasteiger partial charge in [0.25, 0.3) is 0 Å². The van der Waals surface area contributed by atoms with E-state index in [0.717, 1.165) is 10.0 Å². The molecule has 8 nitrogen and oxygen atoms in total. The van der Waals surface area contributed by atoms with Crippen molar-refractivity contribution in [3.05, 3.63) is 0 Å². The Morgan fingerprint density at radius 3 is 1.89 bits per heavy atom. The second kappa shape index (κ2) is 9.13. The summed E-state index contributed by atoms with van der Waals surface area (Å²) < 4.78 is 13.9. The van der Waals surface area contributed by atoms with Gasteiger partial charge in [0.15, 0.2) is 6.04 Å². The lowest BCUT2D eigenvalue weighted by Crippen LogP contribution is -2.61. The summed E-state index contributed by atoms with van der Waals surface area (Å²) in [6.07, 6.45) is -0.977. The van der Waals surface area contributed by atoms with Gasteiger partial charge in [0, 0.05) is 6.54 Å². The molecule has 0 aromatic rings. The molecule has 0 aromatic heterocycles. The van der Waals surface area contributed by atoms with Crippen LogP contribution < -0.4 is 0 Å². The monoisotopic (exact) mass is 460 g/mol. The molecule has 1 heterocycles. The number of amides is 2. The Bertz CT molecular complexity index is 595. The molecular weight excluding hydrogens is 435 g/mol. The minimum Gasteiger partial charge on any atom is -0.460 e. The van der Waals surface area contributed by atoms with Gasteiger partial charge >= 0.3 is 18.2 Å². The third-order valence-corrected chi connectivity index (χ3v) is 3.57. The molecule has 1 aliphatic heterocycles. The van der Waals surface area contributed by atoms with Gasteiger partial charge in [0.05, 0.1) is 0 Å². The maximum absolute atomic E-state index is 12.8. The van der Waals surface area contributed by atoms with E-state index >= 15 is 0 Å². The number of carbonyl (C=O) groups is 3. The van der Waals surface area contributed by atoms with Gasteiger partial charge in [-0.15, -0.1) is 0 Å². The number of nitrogens with zero attached hydrogens (tertiary/aromatic N) is 2. The van der Waals surface area contributed by atoms with Crippen LogP contribution in [0.1, 0.15) is 54.4 Å². The molecule has 2 amide bonds. The molecule has 0 saturated carbocycles. The molecule has 0 N–H and O–H groups in total. The molecule has 28 heavy (non-hydrogen) atoms. The number of rotatable bonds is 2. The van der Waals surface area contributed by atoms with Crippen LogP contribution in [0.3, 0.4) is 0 Å². The zero-order valence-corrected chi connectivity index (χ0v) is 19.2. The number of alkyl halides is 3. The minimum absolute atomic E-state index is 0.169. The number of ether oxygens (including phenoxy) is 3. The van der Waals surface area contributed by atoms with Gasteiger partial charge in [0.2, 0.25) is 3.79 Å². The maximum Gasteiger partial charge on any atom is 0.430 e. The largest absolute Gasteiger partial charge is 0.460 e. The van der Waals surface area contributed by atoms with Crippen LogP contribution in [0.25, 0.3) is 0 Å². The molecule has 0 bridgehead atoms.